The molecule has 1 heterocycles. The van der Waals surface area contributed by atoms with E-state index in [9.17, 15) is 0 Å². The predicted octanol–water partition coefficient (Wildman–Crippen LogP) is 2.51. The van der Waals surface area contributed by atoms with Crippen molar-refractivity contribution in [2.75, 3.05) is 13.1 Å². The predicted molar refractivity (Wildman–Crippen MR) is 66.3 cm³/mol. The van der Waals surface area contributed by atoms with Crippen LogP contribution in [0.1, 0.15) is 18.4 Å². The lowest BCUT2D eigenvalue weighted by Gasteiger charge is -2.15. The van der Waals surface area contributed by atoms with Crippen LogP contribution in [0.2, 0.25) is 0 Å². The smallest absolute Gasteiger partial charge is 0.0721 e. The molecule has 0 radical (unpaired) electrons. The maximum absolute atomic E-state index is 5.89. The second kappa shape index (κ2) is 5.83. The van der Waals surface area contributed by atoms with Gasteiger partial charge in [-0.15, -0.1) is 0 Å². The Bertz CT molecular complexity index is 334. The van der Waals surface area contributed by atoms with Crippen molar-refractivity contribution in [3.05, 3.63) is 48.0 Å². The summed E-state index contributed by atoms with van der Waals surface area (Å²) in [5.74, 6) is 0. The van der Waals surface area contributed by atoms with E-state index in [-0.39, 0.29) is 0 Å². The monoisotopic (exact) mass is 217 g/mol. The second-order valence-corrected chi connectivity index (χ2v) is 4.34. The summed E-state index contributed by atoms with van der Waals surface area (Å²) >= 11 is 0. The maximum Gasteiger partial charge on any atom is 0.0721 e. The SMILES string of the molecule is C=C1CCC(OCc2ccccc2)CNC1. The Labute approximate surface area is 97.3 Å². The summed E-state index contributed by atoms with van der Waals surface area (Å²) in [6, 6.07) is 10.3. The zero-order valence-electron chi connectivity index (χ0n) is 9.61. The van der Waals surface area contributed by atoms with Crippen LogP contribution >= 0.6 is 0 Å². The summed E-state index contributed by atoms with van der Waals surface area (Å²) < 4.78 is 5.89. The molecule has 1 unspecified atom stereocenters. The normalized spacial score (nSPS) is 21.8. The fourth-order valence-electron chi connectivity index (χ4n) is 1.90. The fraction of sp³-hybridized carbons (Fsp3) is 0.429. The Hall–Kier alpha value is -1.12. The Kier molecular flexibility index (Phi) is 4.14. The van der Waals surface area contributed by atoms with E-state index in [1.54, 1.807) is 0 Å². The molecule has 0 aromatic heterocycles. The van der Waals surface area contributed by atoms with E-state index in [4.69, 9.17) is 4.74 Å². The van der Waals surface area contributed by atoms with E-state index < -0.39 is 0 Å². The molecule has 1 saturated heterocycles. The van der Waals surface area contributed by atoms with Crippen LogP contribution in [0.15, 0.2) is 42.5 Å². The molecule has 1 aliphatic heterocycles. The topological polar surface area (TPSA) is 21.3 Å². The Morgan fingerprint density at radius 1 is 1.31 bits per heavy atom. The van der Waals surface area contributed by atoms with Gasteiger partial charge in [-0.3, -0.25) is 0 Å². The van der Waals surface area contributed by atoms with Crippen LogP contribution in [0.4, 0.5) is 0 Å². The molecule has 2 rings (SSSR count). The number of hydrogen-bond acceptors (Lipinski definition) is 2. The fourth-order valence-corrected chi connectivity index (χ4v) is 1.90. The highest BCUT2D eigenvalue weighted by molar-refractivity contribution is 5.13. The molecule has 2 heteroatoms. The van der Waals surface area contributed by atoms with Crippen LogP contribution in [-0.2, 0) is 11.3 Å². The minimum absolute atomic E-state index is 0.319. The average Bonchev–Trinajstić information content (AvgIpc) is 2.53. The van der Waals surface area contributed by atoms with Crippen molar-refractivity contribution >= 4 is 0 Å². The molecule has 0 saturated carbocycles. The molecule has 1 aliphatic rings. The number of benzene rings is 1. The zero-order chi connectivity index (χ0) is 11.2. The maximum atomic E-state index is 5.89. The molecule has 2 nitrogen and oxygen atoms in total. The highest BCUT2D eigenvalue weighted by Gasteiger charge is 2.13. The van der Waals surface area contributed by atoms with E-state index >= 15 is 0 Å². The van der Waals surface area contributed by atoms with Crippen molar-refractivity contribution in [2.45, 2.75) is 25.6 Å². The molecule has 0 spiro atoms. The van der Waals surface area contributed by atoms with Crippen molar-refractivity contribution in [2.24, 2.45) is 0 Å². The van der Waals surface area contributed by atoms with E-state index in [0.29, 0.717) is 12.7 Å². The molecule has 1 atom stereocenters. The minimum Gasteiger partial charge on any atom is -0.372 e. The molecule has 86 valence electrons. The lowest BCUT2D eigenvalue weighted by atomic mass is 10.1. The molecule has 0 bridgehead atoms. The summed E-state index contributed by atoms with van der Waals surface area (Å²) in [5.41, 5.74) is 2.52. The number of hydrogen-bond donors (Lipinski definition) is 1. The molecule has 0 aliphatic carbocycles. The standard InChI is InChI=1S/C14H19NO/c1-12-7-8-14(10-15-9-12)16-11-13-5-3-2-4-6-13/h2-6,14-15H,1,7-11H2. The number of rotatable bonds is 3. The van der Waals surface area contributed by atoms with Gasteiger partial charge in [0, 0.05) is 13.1 Å². The first-order valence-corrected chi connectivity index (χ1v) is 5.87. The van der Waals surface area contributed by atoms with Gasteiger partial charge in [0.25, 0.3) is 0 Å². The van der Waals surface area contributed by atoms with Gasteiger partial charge in [-0.1, -0.05) is 42.5 Å². The van der Waals surface area contributed by atoms with E-state index in [1.807, 2.05) is 18.2 Å². The van der Waals surface area contributed by atoms with Gasteiger partial charge in [-0.25, -0.2) is 0 Å². The number of ether oxygens (including phenoxy) is 1. The first-order chi connectivity index (χ1) is 7.84. The van der Waals surface area contributed by atoms with Crippen molar-refractivity contribution < 1.29 is 4.74 Å². The van der Waals surface area contributed by atoms with Crippen LogP contribution in [0.5, 0.6) is 0 Å². The summed E-state index contributed by atoms with van der Waals surface area (Å²) in [4.78, 5) is 0. The van der Waals surface area contributed by atoms with Crippen LogP contribution in [0, 0.1) is 0 Å². The van der Waals surface area contributed by atoms with Gasteiger partial charge in [-0.05, 0) is 18.4 Å². The molecule has 16 heavy (non-hydrogen) atoms. The van der Waals surface area contributed by atoms with Gasteiger partial charge in [0.1, 0.15) is 0 Å². The van der Waals surface area contributed by atoms with E-state index in [1.165, 1.54) is 11.1 Å². The average molecular weight is 217 g/mol. The third-order valence-corrected chi connectivity index (χ3v) is 2.90. The van der Waals surface area contributed by atoms with Crippen LogP contribution in [0.3, 0.4) is 0 Å². The van der Waals surface area contributed by atoms with Gasteiger partial charge in [0.2, 0.25) is 0 Å². The van der Waals surface area contributed by atoms with Crippen molar-refractivity contribution in [1.82, 2.24) is 5.32 Å². The summed E-state index contributed by atoms with van der Waals surface area (Å²) in [7, 11) is 0. The van der Waals surface area contributed by atoms with Crippen molar-refractivity contribution in [3.8, 4) is 0 Å². The largest absolute Gasteiger partial charge is 0.372 e. The van der Waals surface area contributed by atoms with Gasteiger partial charge >= 0.3 is 0 Å². The first kappa shape index (κ1) is 11.4. The summed E-state index contributed by atoms with van der Waals surface area (Å²) in [6.07, 6.45) is 2.48. The molecule has 1 N–H and O–H groups in total. The van der Waals surface area contributed by atoms with E-state index in [0.717, 1.165) is 25.9 Å². The van der Waals surface area contributed by atoms with Gasteiger partial charge in [0.15, 0.2) is 0 Å². The lowest BCUT2D eigenvalue weighted by molar-refractivity contribution is 0.0389. The molecular weight excluding hydrogens is 198 g/mol. The van der Waals surface area contributed by atoms with Crippen LogP contribution in [-0.4, -0.2) is 19.2 Å². The van der Waals surface area contributed by atoms with Gasteiger partial charge in [0.05, 0.1) is 12.7 Å². The zero-order valence-corrected chi connectivity index (χ0v) is 9.61. The molecule has 1 fully saturated rings. The summed E-state index contributed by atoms with van der Waals surface area (Å²) in [6.45, 7) is 6.59. The van der Waals surface area contributed by atoms with Crippen LogP contribution in [0.25, 0.3) is 0 Å². The third-order valence-electron chi connectivity index (χ3n) is 2.90. The Morgan fingerprint density at radius 2 is 2.12 bits per heavy atom. The van der Waals surface area contributed by atoms with Crippen molar-refractivity contribution in [3.63, 3.8) is 0 Å². The highest BCUT2D eigenvalue weighted by atomic mass is 16.5. The minimum atomic E-state index is 0.319. The summed E-state index contributed by atoms with van der Waals surface area (Å²) in [5, 5.41) is 3.36. The van der Waals surface area contributed by atoms with Crippen LogP contribution < -0.4 is 5.32 Å². The lowest BCUT2D eigenvalue weighted by Crippen LogP contribution is -2.26. The van der Waals surface area contributed by atoms with Gasteiger partial charge < -0.3 is 10.1 Å². The Balaban J connectivity index is 1.79. The molecule has 1 aromatic carbocycles. The highest BCUT2D eigenvalue weighted by Crippen LogP contribution is 2.13. The van der Waals surface area contributed by atoms with E-state index in [2.05, 4.69) is 24.0 Å². The quantitative estimate of drug-likeness (QED) is 0.785. The third kappa shape index (κ3) is 3.47. The first-order valence-electron chi connectivity index (χ1n) is 5.87. The second-order valence-electron chi connectivity index (χ2n) is 4.34. The number of nitrogens with one attached hydrogen (secondary N) is 1. The Morgan fingerprint density at radius 3 is 2.94 bits per heavy atom. The molecule has 1 aromatic rings. The van der Waals surface area contributed by atoms with Gasteiger partial charge in [-0.2, -0.15) is 0 Å². The molecular formula is C14H19NO. The van der Waals surface area contributed by atoms with Crippen molar-refractivity contribution in [1.29, 1.82) is 0 Å². The molecule has 0 amide bonds.